The molecule has 5 heteroatoms. The van der Waals surface area contributed by atoms with E-state index in [0.717, 1.165) is 24.5 Å². The van der Waals surface area contributed by atoms with Gasteiger partial charge in [-0.15, -0.1) is 0 Å². The van der Waals surface area contributed by atoms with E-state index >= 15 is 0 Å². The van der Waals surface area contributed by atoms with Crippen LogP contribution in [0.1, 0.15) is 29.2 Å². The molecule has 0 spiro atoms. The van der Waals surface area contributed by atoms with Crippen molar-refractivity contribution in [1.29, 1.82) is 0 Å². The van der Waals surface area contributed by atoms with Crippen LogP contribution in [0.5, 0.6) is 0 Å². The molecule has 0 radical (unpaired) electrons. The molecule has 0 saturated carbocycles. The molecule has 106 valence electrons. The van der Waals surface area contributed by atoms with Gasteiger partial charge in [0.1, 0.15) is 6.04 Å². The Morgan fingerprint density at radius 2 is 1.86 bits per heavy atom. The minimum absolute atomic E-state index is 0.0493. The Morgan fingerprint density at radius 1 is 1.10 bits per heavy atom. The molecule has 2 aromatic heterocycles. The maximum atomic E-state index is 5.45. The molecule has 1 aliphatic rings. The molecule has 3 aromatic rings. The molecular weight excluding hydrogens is 264 g/mol. The molecule has 1 aliphatic heterocycles. The first-order chi connectivity index (χ1) is 10.4. The van der Waals surface area contributed by atoms with Crippen molar-refractivity contribution in [2.45, 2.75) is 12.0 Å². The van der Waals surface area contributed by atoms with E-state index in [4.69, 9.17) is 4.52 Å². The predicted molar refractivity (Wildman–Crippen MR) is 78.0 cm³/mol. The predicted octanol–water partition coefficient (Wildman–Crippen LogP) is 2.20. The van der Waals surface area contributed by atoms with Crippen molar-refractivity contribution in [3.8, 4) is 0 Å². The number of hydrogen-bond donors (Lipinski definition) is 1. The van der Waals surface area contributed by atoms with Crippen molar-refractivity contribution in [2.24, 2.45) is 0 Å². The summed E-state index contributed by atoms with van der Waals surface area (Å²) in [5, 5.41) is 7.44. The van der Waals surface area contributed by atoms with Crippen LogP contribution in [0.4, 0.5) is 0 Å². The summed E-state index contributed by atoms with van der Waals surface area (Å²) in [6.45, 7) is 1.84. The van der Waals surface area contributed by atoms with E-state index in [0.29, 0.717) is 11.7 Å². The summed E-state index contributed by atoms with van der Waals surface area (Å²) in [5.41, 5.74) is 1.15. The molecule has 21 heavy (non-hydrogen) atoms. The summed E-state index contributed by atoms with van der Waals surface area (Å²) in [5.74, 6) is 1.79. The van der Waals surface area contributed by atoms with E-state index in [2.05, 4.69) is 32.2 Å². The van der Waals surface area contributed by atoms with Crippen LogP contribution in [0.15, 0.2) is 59.4 Å². The summed E-state index contributed by atoms with van der Waals surface area (Å²) < 4.78 is 7.55. The van der Waals surface area contributed by atoms with E-state index in [1.165, 1.54) is 0 Å². The van der Waals surface area contributed by atoms with E-state index in [9.17, 15) is 0 Å². The molecular formula is C16H16N4O. The molecule has 1 atom stereocenters. The molecule has 1 saturated heterocycles. The van der Waals surface area contributed by atoms with Crippen molar-refractivity contribution in [2.75, 3.05) is 13.1 Å². The number of hydrogen-bond acceptors (Lipinski definition) is 4. The smallest absolute Gasteiger partial charge is 0.232 e. The van der Waals surface area contributed by atoms with Crippen LogP contribution in [-0.4, -0.2) is 27.8 Å². The highest BCUT2D eigenvalue weighted by Gasteiger charge is 2.28. The van der Waals surface area contributed by atoms with Crippen molar-refractivity contribution in [1.82, 2.24) is 20.0 Å². The third-order valence-electron chi connectivity index (χ3n) is 3.87. The maximum absolute atomic E-state index is 5.45. The van der Waals surface area contributed by atoms with Crippen molar-refractivity contribution in [3.05, 3.63) is 72.1 Å². The van der Waals surface area contributed by atoms with Gasteiger partial charge in [-0.25, -0.2) is 0 Å². The number of benzene rings is 1. The highest BCUT2D eigenvalue weighted by atomic mass is 16.5. The highest BCUT2D eigenvalue weighted by Crippen LogP contribution is 2.26. The SMILES string of the molecule is c1ccc(C(c2noc(C3CNC3)n2)n2cccc2)cc1. The van der Waals surface area contributed by atoms with Gasteiger partial charge in [0.25, 0.3) is 0 Å². The Kier molecular flexibility index (Phi) is 3.05. The lowest BCUT2D eigenvalue weighted by atomic mass is 10.0. The van der Waals surface area contributed by atoms with Crippen molar-refractivity contribution in [3.63, 3.8) is 0 Å². The van der Waals surface area contributed by atoms with Gasteiger partial charge in [0, 0.05) is 25.5 Å². The van der Waals surface area contributed by atoms with E-state index in [1.807, 2.05) is 42.7 Å². The van der Waals surface area contributed by atoms with Crippen LogP contribution in [0.25, 0.3) is 0 Å². The lowest BCUT2D eigenvalue weighted by molar-refractivity contribution is 0.305. The first-order valence-electron chi connectivity index (χ1n) is 7.13. The van der Waals surface area contributed by atoms with Crippen LogP contribution in [0.3, 0.4) is 0 Å². The Labute approximate surface area is 122 Å². The summed E-state index contributed by atoms with van der Waals surface area (Å²) >= 11 is 0. The molecule has 1 fully saturated rings. The number of rotatable bonds is 4. The van der Waals surface area contributed by atoms with Crippen molar-refractivity contribution < 1.29 is 4.52 Å². The molecule has 1 unspecified atom stereocenters. The Bertz CT molecular complexity index is 701. The van der Waals surface area contributed by atoms with Crippen LogP contribution in [-0.2, 0) is 0 Å². The fourth-order valence-electron chi connectivity index (χ4n) is 2.60. The Hall–Kier alpha value is -2.40. The van der Waals surface area contributed by atoms with Crippen LogP contribution < -0.4 is 5.32 Å². The second-order valence-corrected chi connectivity index (χ2v) is 5.29. The monoisotopic (exact) mass is 280 g/mol. The van der Waals surface area contributed by atoms with Gasteiger partial charge < -0.3 is 14.4 Å². The molecule has 1 N–H and O–H groups in total. The minimum Gasteiger partial charge on any atom is -0.339 e. The van der Waals surface area contributed by atoms with E-state index in [-0.39, 0.29) is 6.04 Å². The zero-order chi connectivity index (χ0) is 14.1. The van der Waals surface area contributed by atoms with E-state index in [1.54, 1.807) is 0 Å². The topological polar surface area (TPSA) is 55.9 Å². The number of nitrogens with one attached hydrogen (secondary N) is 1. The molecule has 0 bridgehead atoms. The van der Waals surface area contributed by atoms with Gasteiger partial charge in [0.2, 0.25) is 5.89 Å². The van der Waals surface area contributed by atoms with Crippen molar-refractivity contribution >= 4 is 0 Å². The molecule has 0 aliphatic carbocycles. The third kappa shape index (κ3) is 2.25. The second-order valence-electron chi connectivity index (χ2n) is 5.29. The van der Waals surface area contributed by atoms with Crippen LogP contribution in [0.2, 0.25) is 0 Å². The minimum atomic E-state index is -0.0493. The third-order valence-corrected chi connectivity index (χ3v) is 3.87. The summed E-state index contributed by atoms with van der Waals surface area (Å²) in [6.07, 6.45) is 4.05. The van der Waals surface area contributed by atoms with Gasteiger partial charge in [-0.3, -0.25) is 0 Å². The maximum Gasteiger partial charge on any atom is 0.232 e. The first-order valence-corrected chi connectivity index (χ1v) is 7.13. The summed E-state index contributed by atoms with van der Waals surface area (Å²) in [7, 11) is 0. The average Bonchev–Trinajstić information content (AvgIpc) is 3.11. The zero-order valence-electron chi connectivity index (χ0n) is 11.5. The molecule has 4 rings (SSSR count). The highest BCUT2D eigenvalue weighted by molar-refractivity contribution is 5.26. The van der Waals surface area contributed by atoms with Crippen LogP contribution in [0, 0.1) is 0 Å². The fourth-order valence-corrected chi connectivity index (χ4v) is 2.60. The lowest BCUT2D eigenvalue weighted by Gasteiger charge is -2.22. The summed E-state index contributed by atoms with van der Waals surface area (Å²) in [6, 6.07) is 14.2. The number of nitrogens with zero attached hydrogens (tertiary/aromatic N) is 3. The lowest BCUT2D eigenvalue weighted by Crippen LogP contribution is -2.40. The average molecular weight is 280 g/mol. The van der Waals surface area contributed by atoms with Gasteiger partial charge in [-0.2, -0.15) is 4.98 Å². The summed E-state index contributed by atoms with van der Waals surface area (Å²) in [4.78, 5) is 4.63. The van der Waals surface area contributed by atoms with Gasteiger partial charge in [-0.1, -0.05) is 35.5 Å². The second kappa shape index (κ2) is 5.18. The number of aromatic nitrogens is 3. The quantitative estimate of drug-likeness (QED) is 0.796. The normalized spacial score (nSPS) is 16.6. The molecule has 1 aromatic carbocycles. The van der Waals surface area contributed by atoms with Gasteiger partial charge >= 0.3 is 0 Å². The van der Waals surface area contributed by atoms with Gasteiger partial charge in [0.15, 0.2) is 5.82 Å². The molecule has 5 nitrogen and oxygen atoms in total. The standard InChI is InChI=1S/C16H16N4O/c1-2-6-12(7-3-1)14(20-8-4-5-9-20)15-18-16(21-19-15)13-10-17-11-13/h1-9,13-14,17H,10-11H2. The molecule has 3 heterocycles. The van der Waals surface area contributed by atoms with E-state index < -0.39 is 0 Å². The Morgan fingerprint density at radius 3 is 2.52 bits per heavy atom. The molecule has 0 amide bonds. The zero-order valence-corrected chi connectivity index (χ0v) is 11.5. The largest absolute Gasteiger partial charge is 0.339 e. The van der Waals surface area contributed by atoms with Gasteiger partial charge in [0.05, 0.1) is 5.92 Å². The fraction of sp³-hybridized carbons (Fsp3) is 0.250. The van der Waals surface area contributed by atoms with Crippen LogP contribution >= 0.6 is 0 Å². The van der Waals surface area contributed by atoms with Gasteiger partial charge in [-0.05, 0) is 17.7 Å². The Balaban J connectivity index is 1.74. The first kappa shape index (κ1) is 12.3.